The number of methoxy groups -OCH3 is 1. The fourth-order valence-corrected chi connectivity index (χ4v) is 3.83. The third-order valence-corrected chi connectivity index (χ3v) is 5.42. The van der Waals surface area contributed by atoms with Crippen molar-refractivity contribution in [2.45, 2.75) is 17.6 Å². The Balaban J connectivity index is 1.77. The monoisotopic (exact) mass is 422 g/mol. The van der Waals surface area contributed by atoms with Gasteiger partial charge in [0, 0.05) is 36.5 Å². The molecule has 2 aromatic heterocycles. The lowest BCUT2D eigenvalue weighted by atomic mass is 10.1. The van der Waals surface area contributed by atoms with Crippen LogP contribution in [0, 0.1) is 0 Å². The Morgan fingerprint density at radius 3 is 2.70 bits per heavy atom. The average Bonchev–Trinajstić information content (AvgIpc) is 2.95. The maximum Gasteiger partial charge on any atom is 0.255 e. The summed E-state index contributed by atoms with van der Waals surface area (Å²) in [6.07, 6.45) is 3.25. The fraction of sp³-hybridized carbons (Fsp3) is 0.167. The van der Waals surface area contributed by atoms with Gasteiger partial charge in [0.1, 0.15) is 6.73 Å². The van der Waals surface area contributed by atoms with Crippen molar-refractivity contribution in [3.05, 3.63) is 70.2 Å². The Hall–Kier alpha value is -2.06. The van der Waals surface area contributed by atoms with Crippen LogP contribution in [0.1, 0.15) is 15.9 Å². The van der Waals surface area contributed by atoms with Crippen molar-refractivity contribution in [3.63, 3.8) is 0 Å². The minimum Gasteiger partial charge on any atom is -0.364 e. The van der Waals surface area contributed by atoms with Gasteiger partial charge in [-0.3, -0.25) is 14.3 Å². The van der Waals surface area contributed by atoms with E-state index >= 15 is 0 Å². The molecular formula is C18H16Cl2N4O2S. The highest BCUT2D eigenvalue weighted by atomic mass is 35.5. The Labute approximate surface area is 170 Å². The van der Waals surface area contributed by atoms with Crippen LogP contribution in [0.4, 0.5) is 5.69 Å². The summed E-state index contributed by atoms with van der Waals surface area (Å²) in [5.74, 6) is 0.335. The number of pyridine rings is 1. The molecule has 1 aromatic carbocycles. The van der Waals surface area contributed by atoms with Gasteiger partial charge in [-0.1, -0.05) is 53.2 Å². The summed E-state index contributed by atoms with van der Waals surface area (Å²) in [6, 6.07) is 10.9. The van der Waals surface area contributed by atoms with Gasteiger partial charge in [-0.25, -0.2) is 4.98 Å². The van der Waals surface area contributed by atoms with Crippen LogP contribution in [0.5, 0.6) is 0 Å². The topological polar surface area (TPSA) is 69.0 Å². The molecule has 2 heterocycles. The number of halogens is 2. The molecule has 140 valence electrons. The molecule has 3 aromatic rings. The number of thioether (sulfide) groups is 1. The number of hydrogen-bond acceptors (Lipinski definition) is 5. The quantitative estimate of drug-likeness (QED) is 0.557. The van der Waals surface area contributed by atoms with Crippen molar-refractivity contribution in [1.82, 2.24) is 14.5 Å². The molecule has 0 saturated carbocycles. The van der Waals surface area contributed by atoms with Crippen LogP contribution >= 0.6 is 35.0 Å². The lowest BCUT2D eigenvalue weighted by Crippen LogP contribution is -2.14. The minimum absolute atomic E-state index is 0.186. The number of carbonyl (C=O) groups excluding carboxylic acids is 1. The minimum atomic E-state index is -0.186. The lowest BCUT2D eigenvalue weighted by molar-refractivity contribution is 0.102. The van der Waals surface area contributed by atoms with Gasteiger partial charge < -0.3 is 10.1 Å². The first-order valence-electron chi connectivity index (χ1n) is 7.92. The number of carbonyl (C=O) groups is 1. The summed E-state index contributed by atoms with van der Waals surface area (Å²) in [4.78, 5) is 20.9. The standard InChI is InChI=1S/C18H16Cl2N4O2S/c1-26-11-24-16(20)15(19)23-18(24)27-10-12-4-2-3-5-14(12)17(25)22-13-6-8-21-9-7-13/h2-9H,10-11H2,1H3,(H,21,22,25). The van der Waals surface area contributed by atoms with Crippen molar-refractivity contribution in [2.75, 3.05) is 12.4 Å². The van der Waals surface area contributed by atoms with Gasteiger partial charge in [-0.15, -0.1) is 0 Å². The predicted octanol–water partition coefficient (Wildman–Crippen LogP) is 4.73. The van der Waals surface area contributed by atoms with Crippen LogP contribution < -0.4 is 5.32 Å². The number of nitrogens with zero attached hydrogens (tertiary/aromatic N) is 3. The molecule has 0 aliphatic heterocycles. The highest BCUT2D eigenvalue weighted by molar-refractivity contribution is 7.98. The van der Waals surface area contributed by atoms with E-state index in [1.165, 1.54) is 11.8 Å². The van der Waals surface area contributed by atoms with Gasteiger partial charge in [0.25, 0.3) is 5.91 Å². The van der Waals surface area contributed by atoms with Gasteiger partial charge in [-0.05, 0) is 23.8 Å². The molecule has 0 radical (unpaired) electrons. The summed E-state index contributed by atoms with van der Waals surface area (Å²) in [7, 11) is 1.57. The molecule has 9 heteroatoms. The molecule has 3 rings (SSSR count). The number of nitrogens with one attached hydrogen (secondary N) is 1. The number of rotatable bonds is 7. The van der Waals surface area contributed by atoms with Crippen LogP contribution in [0.25, 0.3) is 0 Å². The molecule has 0 aliphatic rings. The zero-order valence-corrected chi connectivity index (χ0v) is 16.7. The predicted molar refractivity (Wildman–Crippen MR) is 107 cm³/mol. The lowest BCUT2D eigenvalue weighted by Gasteiger charge is -2.11. The zero-order chi connectivity index (χ0) is 19.2. The Morgan fingerprint density at radius 2 is 1.96 bits per heavy atom. The van der Waals surface area contributed by atoms with E-state index in [0.29, 0.717) is 27.3 Å². The number of hydrogen-bond donors (Lipinski definition) is 1. The second-order valence-corrected chi connectivity index (χ2v) is 7.12. The maximum atomic E-state index is 12.7. The summed E-state index contributed by atoms with van der Waals surface area (Å²) in [5.41, 5.74) is 2.14. The van der Waals surface area contributed by atoms with Crippen molar-refractivity contribution in [3.8, 4) is 0 Å². The van der Waals surface area contributed by atoms with Crippen LogP contribution in [-0.4, -0.2) is 27.6 Å². The SMILES string of the molecule is COCn1c(SCc2ccccc2C(=O)Nc2ccncc2)nc(Cl)c1Cl. The highest BCUT2D eigenvalue weighted by Gasteiger charge is 2.16. The van der Waals surface area contributed by atoms with E-state index < -0.39 is 0 Å². The molecule has 1 amide bonds. The molecule has 1 N–H and O–H groups in total. The van der Waals surface area contributed by atoms with Gasteiger partial charge in [0.2, 0.25) is 0 Å². The number of imidazole rings is 1. The average molecular weight is 423 g/mol. The number of aromatic nitrogens is 3. The van der Waals surface area contributed by atoms with E-state index in [-0.39, 0.29) is 17.8 Å². The Bertz CT molecular complexity index is 934. The van der Waals surface area contributed by atoms with Gasteiger partial charge in [-0.2, -0.15) is 0 Å². The summed E-state index contributed by atoms with van der Waals surface area (Å²) in [6.45, 7) is 0.241. The van der Waals surface area contributed by atoms with Crippen molar-refractivity contribution in [1.29, 1.82) is 0 Å². The Morgan fingerprint density at radius 1 is 1.22 bits per heavy atom. The summed E-state index contributed by atoms with van der Waals surface area (Å²) >= 11 is 13.6. The molecular weight excluding hydrogens is 407 g/mol. The maximum absolute atomic E-state index is 12.7. The molecule has 27 heavy (non-hydrogen) atoms. The largest absolute Gasteiger partial charge is 0.364 e. The van der Waals surface area contributed by atoms with Gasteiger partial charge >= 0.3 is 0 Å². The van der Waals surface area contributed by atoms with Crippen molar-refractivity contribution >= 4 is 46.6 Å². The molecule has 0 unspecified atom stereocenters. The first-order valence-corrected chi connectivity index (χ1v) is 9.67. The van der Waals surface area contributed by atoms with Crippen LogP contribution in [0.15, 0.2) is 53.9 Å². The van der Waals surface area contributed by atoms with Crippen molar-refractivity contribution in [2.24, 2.45) is 0 Å². The normalized spacial score (nSPS) is 10.8. The second kappa shape index (κ2) is 9.23. The summed E-state index contributed by atoms with van der Waals surface area (Å²) < 4.78 is 6.82. The van der Waals surface area contributed by atoms with E-state index in [0.717, 1.165) is 5.56 Å². The van der Waals surface area contributed by atoms with E-state index in [1.54, 1.807) is 42.3 Å². The van der Waals surface area contributed by atoms with Crippen molar-refractivity contribution < 1.29 is 9.53 Å². The van der Waals surface area contributed by atoms with E-state index in [9.17, 15) is 4.79 Å². The number of ether oxygens (including phenoxy) is 1. The van der Waals surface area contributed by atoms with E-state index in [2.05, 4.69) is 15.3 Å². The molecule has 0 saturated heterocycles. The second-order valence-electron chi connectivity index (χ2n) is 5.46. The number of amides is 1. The smallest absolute Gasteiger partial charge is 0.255 e. The van der Waals surface area contributed by atoms with E-state index in [4.69, 9.17) is 27.9 Å². The van der Waals surface area contributed by atoms with E-state index in [1.807, 2.05) is 18.2 Å². The zero-order valence-electron chi connectivity index (χ0n) is 14.4. The van der Waals surface area contributed by atoms with Crippen LogP contribution in [0.3, 0.4) is 0 Å². The molecule has 0 aliphatic carbocycles. The first-order chi connectivity index (χ1) is 13.1. The summed E-state index contributed by atoms with van der Waals surface area (Å²) in [5, 5.41) is 4.04. The third-order valence-electron chi connectivity index (χ3n) is 3.65. The van der Waals surface area contributed by atoms with Crippen LogP contribution in [0.2, 0.25) is 10.3 Å². The fourth-order valence-electron chi connectivity index (χ4n) is 2.38. The third kappa shape index (κ3) is 4.81. The number of anilines is 1. The molecule has 6 nitrogen and oxygen atoms in total. The molecule has 0 fully saturated rings. The number of benzene rings is 1. The van der Waals surface area contributed by atoms with Gasteiger partial charge in [0.05, 0.1) is 0 Å². The van der Waals surface area contributed by atoms with Gasteiger partial charge in [0.15, 0.2) is 15.5 Å². The molecule has 0 bridgehead atoms. The highest BCUT2D eigenvalue weighted by Crippen LogP contribution is 2.31. The van der Waals surface area contributed by atoms with Crippen LogP contribution in [-0.2, 0) is 17.2 Å². The first kappa shape index (κ1) is 19.7. The Kier molecular flexibility index (Phi) is 6.73. The molecule has 0 spiro atoms. The molecule has 0 atom stereocenters.